The standard InChI is InChI=1S/C29H26BrFN6O3S/c1-36-26(16-32-28(39)20-4-3-5-22(31)14-20)33-34-29(36)41-17-27(38)37-25(19-8-12-23(40-2)13-9-19)15-24(35-37)18-6-10-21(30)11-7-18/h3-14,25H,15-17H2,1-2H3,(H,32,39)/t25-/m1/s1. The summed E-state index contributed by atoms with van der Waals surface area (Å²) in [4.78, 5) is 25.9. The molecule has 2 amide bonds. The maximum Gasteiger partial charge on any atom is 0.253 e. The first kappa shape index (κ1) is 28.5. The zero-order chi connectivity index (χ0) is 28.9. The number of halogens is 2. The van der Waals surface area contributed by atoms with Gasteiger partial charge in [0.2, 0.25) is 0 Å². The number of ether oxygens (including phenoxy) is 1. The molecule has 2 heterocycles. The molecule has 210 valence electrons. The summed E-state index contributed by atoms with van der Waals surface area (Å²) in [6.07, 6.45) is 0.573. The lowest BCUT2D eigenvalue weighted by Crippen LogP contribution is -2.28. The first-order chi connectivity index (χ1) is 19.8. The third kappa shape index (κ3) is 6.66. The number of nitrogens with one attached hydrogen (secondary N) is 1. The van der Waals surface area contributed by atoms with E-state index in [1.165, 1.54) is 36.0 Å². The van der Waals surface area contributed by atoms with Gasteiger partial charge in [-0.05, 0) is 53.6 Å². The minimum absolute atomic E-state index is 0.0887. The van der Waals surface area contributed by atoms with Crippen LogP contribution in [0, 0.1) is 5.82 Å². The fourth-order valence-electron chi connectivity index (χ4n) is 4.35. The molecule has 0 saturated carbocycles. The van der Waals surface area contributed by atoms with Crippen molar-refractivity contribution in [3.05, 3.63) is 106 Å². The van der Waals surface area contributed by atoms with Gasteiger partial charge >= 0.3 is 0 Å². The van der Waals surface area contributed by atoms with Crippen molar-refractivity contribution in [2.45, 2.75) is 24.2 Å². The lowest BCUT2D eigenvalue weighted by atomic mass is 9.98. The highest BCUT2D eigenvalue weighted by atomic mass is 79.9. The third-order valence-electron chi connectivity index (χ3n) is 6.59. The summed E-state index contributed by atoms with van der Waals surface area (Å²) in [6, 6.07) is 20.7. The van der Waals surface area contributed by atoms with Crippen LogP contribution < -0.4 is 10.1 Å². The van der Waals surface area contributed by atoms with E-state index in [0.717, 1.165) is 27.1 Å². The molecule has 1 aliphatic heterocycles. The molecule has 5 rings (SSSR count). The fourth-order valence-corrected chi connectivity index (χ4v) is 5.40. The highest BCUT2D eigenvalue weighted by molar-refractivity contribution is 9.10. The largest absolute Gasteiger partial charge is 0.497 e. The normalized spacial score (nSPS) is 14.6. The van der Waals surface area contributed by atoms with Gasteiger partial charge in [-0.2, -0.15) is 5.10 Å². The average Bonchev–Trinajstić information content (AvgIpc) is 3.59. The molecule has 0 spiro atoms. The van der Waals surface area contributed by atoms with Gasteiger partial charge in [0.15, 0.2) is 11.0 Å². The summed E-state index contributed by atoms with van der Waals surface area (Å²) in [5.41, 5.74) is 2.95. The minimum Gasteiger partial charge on any atom is -0.497 e. The van der Waals surface area contributed by atoms with E-state index in [4.69, 9.17) is 9.84 Å². The van der Waals surface area contributed by atoms with E-state index in [-0.39, 0.29) is 29.8 Å². The summed E-state index contributed by atoms with van der Waals surface area (Å²) < 4.78 is 21.4. The fraction of sp³-hybridized carbons (Fsp3) is 0.207. The van der Waals surface area contributed by atoms with Crippen LogP contribution in [0.3, 0.4) is 0 Å². The van der Waals surface area contributed by atoms with Gasteiger partial charge in [0.05, 0.1) is 31.2 Å². The van der Waals surface area contributed by atoms with Crippen molar-refractivity contribution in [3.8, 4) is 5.75 Å². The van der Waals surface area contributed by atoms with Crippen molar-refractivity contribution in [2.75, 3.05) is 12.9 Å². The van der Waals surface area contributed by atoms with Crippen molar-refractivity contribution in [3.63, 3.8) is 0 Å². The summed E-state index contributed by atoms with van der Waals surface area (Å²) in [5.74, 6) is 0.241. The molecule has 0 aliphatic carbocycles. The van der Waals surface area contributed by atoms with E-state index in [0.29, 0.717) is 17.4 Å². The van der Waals surface area contributed by atoms with Gasteiger partial charge in [-0.15, -0.1) is 10.2 Å². The number of thioether (sulfide) groups is 1. The minimum atomic E-state index is -0.486. The number of carbonyl (C=O) groups is 2. The Morgan fingerprint density at radius 3 is 2.56 bits per heavy atom. The van der Waals surface area contributed by atoms with E-state index in [1.807, 2.05) is 48.5 Å². The van der Waals surface area contributed by atoms with Crippen LogP contribution in [0.5, 0.6) is 5.75 Å². The van der Waals surface area contributed by atoms with Gasteiger partial charge in [0, 0.05) is 23.5 Å². The van der Waals surface area contributed by atoms with E-state index < -0.39 is 11.7 Å². The van der Waals surface area contributed by atoms with Crippen LogP contribution in [-0.2, 0) is 18.4 Å². The maximum absolute atomic E-state index is 13.5. The van der Waals surface area contributed by atoms with E-state index in [2.05, 4.69) is 31.4 Å². The Balaban J connectivity index is 1.27. The van der Waals surface area contributed by atoms with Crippen LogP contribution in [0.1, 0.15) is 39.8 Å². The van der Waals surface area contributed by atoms with Crippen LogP contribution >= 0.6 is 27.7 Å². The zero-order valence-corrected chi connectivity index (χ0v) is 24.7. The lowest BCUT2D eigenvalue weighted by molar-refractivity contribution is -0.130. The number of amides is 2. The smallest absolute Gasteiger partial charge is 0.253 e. The van der Waals surface area contributed by atoms with Gasteiger partial charge < -0.3 is 14.6 Å². The summed E-state index contributed by atoms with van der Waals surface area (Å²) in [5, 5.41) is 17.9. The molecule has 1 atom stereocenters. The molecule has 0 radical (unpaired) electrons. The van der Waals surface area contributed by atoms with Crippen molar-refractivity contribution in [1.82, 2.24) is 25.1 Å². The molecule has 1 N–H and O–H groups in total. The van der Waals surface area contributed by atoms with Crippen LogP contribution in [0.2, 0.25) is 0 Å². The molecule has 0 saturated heterocycles. The molecule has 0 fully saturated rings. The van der Waals surface area contributed by atoms with Gasteiger partial charge in [-0.3, -0.25) is 9.59 Å². The van der Waals surface area contributed by atoms with Gasteiger partial charge in [-0.1, -0.05) is 58.0 Å². The number of hydrazone groups is 1. The average molecular weight is 638 g/mol. The topological polar surface area (TPSA) is 102 Å². The van der Waals surface area contributed by atoms with Crippen molar-refractivity contribution < 1.29 is 18.7 Å². The predicted octanol–water partition coefficient (Wildman–Crippen LogP) is 5.13. The number of carbonyl (C=O) groups excluding carboxylic acids is 2. The second-order valence-corrected chi connectivity index (χ2v) is 11.1. The molecule has 1 aromatic heterocycles. The number of hydrogen-bond acceptors (Lipinski definition) is 7. The van der Waals surface area contributed by atoms with Crippen LogP contribution in [-0.4, -0.2) is 50.2 Å². The Labute approximate surface area is 248 Å². The summed E-state index contributed by atoms with van der Waals surface area (Å²) in [7, 11) is 3.37. The first-order valence-corrected chi connectivity index (χ1v) is 14.4. The molecular weight excluding hydrogens is 611 g/mol. The zero-order valence-electron chi connectivity index (χ0n) is 22.3. The van der Waals surface area contributed by atoms with Crippen molar-refractivity contribution in [1.29, 1.82) is 0 Å². The number of benzene rings is 3. The predicted molar refractivity (Wildman–Crippen MR) is 157 cm³/mol. The highest BCUT2D eigenvalue weighted by Gasteiger charge is 2.33. The number of nitrogens with zero attached hydrogens (tertiary/aromatic N) is 5. The summed E-state index contributed by atoms with van der Waals surface area (Å²) in [6.45, 7) is 0.0971. The second-order valence-electron chi connectivity index (χ2n) is 9.22. The monoisotopic (exact) mass is 636 g/mol. The Kier molecular flexibility index (Phi) is 8.79. The number of aromatic nitrogens is 3. The quantitative estimate of drug-likeness (QED) is 0.256. The van der Waals surface area contributed by atoms with Crippen molar-refractivity contribution >= 4 is 45.2 Å². The molecule has 9 nitrogen and oxygen atoms in total. The van der Waals surface area contributed by atoms with E-state index in [9.17, 15) is 14.0 Å². The lowest BCUT2D eigenvalue weighted by Gasteiger charge is -2.22. The molecule has 3 aromatic carbocycles. The Morgan fingerprint density at radius 2 is 1.85 bits per heavy atom. The third-order valence-corrected chi connectivity index (χ3v) is 8.12. The molecule has 41 heavy (non-hydrogen) atoms. The van der Waals surface area contributed by atoms with Gasteiger partial charge in [0.25, 0.3) is 11.8 Å². The maximum atomic E-state index is 13.5. The number of hydrogen-bond donors (Lipinski definition) is 1. The molecule has 1 aliphatic rings. The molecule has 4 aromatic rings. The summed E-state index contributed by atoms with van der Waals surface area (Å²) >= 11 is 4.70. The number of rotatable bonds is 9. The number of methoxy groups -OCH3 is 1. The molecule has 12 heteroatoms. The highest BCUT2D eigenvalue weighted by Crippen LogP contribution is 2.34. The molecule has 0 unspecified atom stereocenters. The van der Waals surface area contributed by atoms with Gasteiger partial charge in [0.1, 0.15) is 11.6 Å². The molecule has 0 bridgehead atoms. The van der Waals surface area contributed by atoms with E-state index in [1.54, 1.807) is 23.7 Å². The van der Waals surface area contributed by atoms with Crippen molar-refractivity contribution in [2.24, 2.45) is 12.1 Å². The SMILES string of the molecule is COc1ccc([C@H]2CC(c3ccc(Br)cc3)=NN2C(=O)CSc2nnc(CNC(=O)c3cccc(F)c3)n2C)cc1. The Morgan fingerprint density at radius 1 is 1.10 bits per heavy atom. The Hall–Kier alpha value is -4.03. The van der Waals surface area contributed by atoms with E-state index >= 15 is 0 Å². The van der Waals surface area contributed by atoms with Crippen LogP contribution in [0.15, 0.2) is 87.5 Å². The van der Waals surface area contributed by atoms with Crippen LogP contribution in [0.4, 0.5) is 4.39 Å². The second kappa shape index (κ2) is 12.6. The Bertz CT molecular complexity index is 1590. The molecular formula is C29H26BrFN6O3S. The van der Waals surface area contributed by atoms with Crippen LogP contribution in [0.25, 0.3) is 0 Å². The van der Waals surface area contributed by atoms with Gasteiger partial charge in [-0.25, -0.2) is 9.40 Å². The first-order valence-electron chi connectivity index (χ1n) is 12.7.